The molecule has 0 fully saturated rings. The molecule has 1 aromatic rings. The molecule has 0 aliphatic rings. The van der Waals surface area contributed by atoms with Gasteiger partial charge in [-0.2, -0.15) is 0 Å². The van der Waals surface area contributed by atoms with Crippen LogP contribution in [0.15, 0.2) is 27.6 Å². The van der Waals surface area contributed by atoms with Crippen LogP contribution in [0.1, 0.15) is 19.8 Å². The van der Waals surface area contributed by atoms with Crippen molar-refractivity contribution >= 4 is 31.6 Å². The molecule has 0 aliphatic carbocycles. The molecule has 1 atom stereocenters. The smallest absolute Gasteiger partial charge is 0.240 e. The summed E-state index contributed by atoms with van der Waals surface area (Å²) in [5, 5.41) is 9.07. The lowest BCUT2D eigenvalue weighted by atomic mass is 10.2. The minimum atomic E-state index is -3.51. The Bertz CT molecular complexity index is 503. The summed E-state index contributed by atoms with van der Waals surface area (Å²) in [5.41, 5.74) is 6.09. The van der Waals surface area contributed by atoms with Crippen LogP contribution < -0.4 is 10.5 Å². The van der Waals surface area contributed by atoms with Crippen LogP contribution in [0.25, 0.3) is 0 Å². The fraction of sp³-hybridized carbons (Fsp3) is 0.455. The number of hydrogen-bond acceptors (Lipinski definition) is 4. The van der Waals surface area contributed by atoms with Gasteiger partial charge < -0.3 is 10.8 Å². The number of sulfonamides is 1. The first kappa shape index (κ1) is 15.4. The minimum absolute atomic E-state index is 0.167. The van der Waals surface area contributed by atoms with Gasteiger partial charge >= 0.3 is 0 Å². The van der Waals surface area contributed by atoms with E-state index < -0.39 is 16.1 Å². The van der Waals surface area contributed by atoms with E-state index in [-0.39, 0.29) is 4.90 Å². The molecule has 0 radical (unpaired) electrons. The van der Waals surface area contributed by atoms with Crippen molar-refractivity contribution in [2.45, 2.75) is 30.8 Å². The minimum Gasteiger partial charge on any atom is -0.398 e. The molecule has 0 saturated carbocycles. The molecule has 1 aromatic carbocycles. The van der Waals surface area contributed by atoms with E-state index >= 15 is 0 Å². The van der Waals surface area contributed by atoms with Gasteiger partial charge in [-0.1, -0.05) is 0 Å². The fourth-order valence-corrected chi connectivity index (χ4v) is 2.99. The number of aliphatic hydroxyl groups is 1. The normalized spacial score (nSPS) is 13.5. The predicted octanol–water partition coefficient (Wildman–Crippen LogP) is 1.47. The van der Waals surface area contributed by atoms with Gasteiger partial charge in [0.2, 0.25) is 10.0 Å². The molecule has 5 nitrogen and oxygen atoms in total. The van der Waals surface area contributed by atoms with Gasteiger partial charge in [0.1, 0.15) is 0 Å². The van der Waals surface area contributed by atoms with Gasteiger partial charge in [-0.3, -0.25) is 0 Å². The first-order chi connectivity index (χ1) is 8.33. The maximum absolute atomic E-state index is 11.9. The van der Waals surface area contributed by atoms with Crippen LogP contribution in [0.5, 0.6) is 0 Å². The van der Waals surface area contributed by atoms with Crippen LogP contribution in [0.4, 0.5) is 5.69 Å². The molecule has 0 spiro atoms. The van der Waals surface area contributed by atoms with Crippen molar-refractivity contribution in [3.8, 4) is 0 Å². The Kier molecular flexibility index (Phi) is 5.58. The molecule has 7 heteroatoms. The summed E-state index contributed by atoms with van der Waals surface area (Å²) in [7, 11) is -3.51. The first-order valence-corrected chi connectivity index (χ1v) is 7.83. The molecule has 0 aliphatic heterocycles. The van der Waals surface area contributed by atoms with Gasteiger partial charge in [-0.05, 0) is 53.9 Å². The van der Waals surface area contributed by atoms with Crippen molar-refractivity contribution in [3.05, 3.63) is 22.7 Å². The van der Waals surface area contributed by atoms with Crippen molar-refractivity contribution in [2.75, 3.05) is 12.3 Å². The summed E-state index contributed by atoms with van der Waals surface area (Å²) in [4.78, 5) is 0.167. The zero-order chi connectivity index (χ0) is 13.8. The number of nitrogens with one attached hydrogen (secondary N) is 1. The third-order valence-electron chi connectivity index (χ3n) is 2.37. The lowest BCUT2D eigenvalue weighted by molar-refractivity contribution is 0.182. The predicted molar refractivity (Wildman–Crippen MR) is 74.7 cm³/mol. The summed E-state index contributed by atoms with van der Waals surface area (Å²) in [6, 6.07) is 4.46. The summed E-state index contributed by atoms with van der Waals surface area (Å²) >= 11 is 3.19. The van der Waals surface area contributed by atoms with E-state index in [2.05, 4.69) is 20.7 Å². The van der Waals surface area contributed by atoms with Gasteiger partial charge in [0.25, 0.3) is 0 Å². The topological polar surface area (TPSA) is 92.4 Å². The quantitative estimate of drug-likeness (QED) is 0.541. The fourth-order valence-electron chi connectivity index (χ4n) is 1.36. The lowest BCUT2D eigenvalue weighted by Crippen LogP contribution is -2.25. The zero-order valence-electron chi connectivity index (χ0n) is 10.1. The molecule has 1 rings (SSSR count). The van der Waals surface area contributed by atoms with E-state index in [1.165, 1.54) is 18.2 Å². The Morgan fingerprint density at radius 2 is 2.17 bits per heavy atom. The largest absolute Gasteiger partial charge is 0.398 e. The number of halogens is 1. The van der Waals surface area contributed by atoms with E-state index in [0.29, 0.717) is 29.5 Å². The van der Waals surface area contributed by atoms with Crippen LogP contribution in [0, 0.1) is 0 Å². The highest BCUT2D eigenvalue weighted by Crippen LogP contribution is 2.22. The monoisotopic (exact) mass is 336 g/mol. The molecule has 102 valence electrons. The molecule has 0 heterocycles. The molecular formula is C11H17BrN2O3S. The third-order valence-corrected chi connectivity index (χ3v) is 4.52. The van der Waals surface area contributed by atoms with Crippen LogP contribution in [0.3, 0.4) is 0 Å². The average molecular weight is 337 g/mol. The first-order valence-electron chi connectivity index (χ1n) is 5.55. The van der Waals surface area contributed by atoms with Crippen molar-refractivity contribution in [2.24, 2.45) is 0 Å². The Morgan fingerprint density at radius 1 is 1.50 bits per heavy atom. The second-order valence-corrected chi connectivity index (χ2v) is 6.69. The Labute approximate surface area is 116 Å². The standard InChI is InChI=1S/C11H17BrN2O3S/c1-8(15)3-2-6-14-18(16,17)9-4-5-11(13)10(12)7-9/h4-5,7-8,14-15H,2-3,6,13H2,1H3. The molecule has 0 bridgehead atoms. The zero-order valence-corrected chi connectivity index (χ0v) is 12.5. The van der Waals surface area contributed by atoms with Gasteiger partial charge in [-0.15, -0.1) is 0 Å². The lowest BCUT2D eigenvalue weighted by Gasteiger charge is -2.08. The Balaban J connectivity index is 2.66. The number of nitrogen functional groups attached to an aromatic ring is 1. The van der Waals surface area contributed by atoms with E-state index in [0.717, 1.165) is 0 Å². The number of aliphatic hydroxyl groups excluding tert-OH is 1. The van der Waals surface area contributed by atoms with E-state index in [1.54, 1.807) is 6.92 Å². The maximum Gasteiger partial charge on any atom is 0.240 e. The van der Waals surface area contributed by atoms with Crippen LogP contribution in [-0.2, 0) is 10.0 Å². The highest BCUT2D eigenvalue weighted by molar-refractivity contribution is 9.10. The third kappa shape index (κ3) is 4.56. The average Bonchev–Trinajstić information content (AvgIpc) is 2.28. The molecular weight excluding hydrogens is 320 g/mol. The van der Waals surface area contributed by atoms with Gasteiger partial charge in [-0.25, -0.2) is 13.1 Å². The Morgan fingerprint density at radius 3 is 2.72 bits per heavy atom. The van der Waals surface area contributed by atoms with Crippen molar-refractivity contribution < 1.29 is 13.5 Å². The molecule has 0 saturated heterocycles. The summed E-state index contributed by atoms with van der Waals surface area (Å²) in [5.74, 6) is 0. The molecule has 4 N–H and O–H groups in total. The highest BCUT2D eigenvalue weighted by Gasteiger charge is 2.14. The van der Waals surface area contributed by atoms with Crippen LogP contribution in [0.2, 0.25) is 0 Å². The van der Waals surface area contributed by atoms with E-state index in [9.17, 15) is 8.42 Å². The van der Waals surface area contributed by atoms with Crippen molar-refractivity contribution in [1.82, 2.24) is 4.72 Å². The molecule has 0 aromatic heterocycles. The van der Waals surface area contributed by atoms with Gasteiger partial charge in [0.05, 0.1) is 11.0 Å². The maximum atomic E-state index is 11.9. The summed E-state index contributed by atoms with van der Waals surface area (Å²) in [6.07, 6.45) is 0.737. The SMILES string of the molecule is CC(O)CCCNS(=O)(=O)c1ccc(N)c(Br)c1. The van der Waals surface area contributed by atoms with Crippen LogP contribution >= 0.6 is 15.9 Å². The second kappa shape index (κ2) is 6.51. The summed E-state index contributed by atoms with van der Waals surface area (Å²) < 4.78 is 26.8. The number of rotatable bonds is 6. The number of hydrogen-bond donors (Lipinski definition) is 3. The highest BCUT2D eigenvalue weighted by atomic mass is 79.9. The Hall–Kier alpha value is -0.630. The van der Waals surface area contributed by atoms with Crippen molar-refractivity contribution in [3.63, 3.8) is 0 Å². The van der Waals surface area contributed by atoms with Gasteiger partial charge in [0, 0.05) is 16.7 Å². The molecule has 0 amide bonds. The molecule has 18 heavy (non-hydrogen) atoms. The van der Waals surface area contributed by atoms with Gasteiger partial charge in [0.15, 0.2) is 0 Å². The van der Waals surface area contributed by atoms with Crippen LogP contribution in [-0.4, -0.2) is 26.2 Å². The molecule has 1 unspecified atom stereocenters. The number of benzene rings is 1. The van der Waals surface area contributed by atoms with E-state index in [1.807, 2.05) is 0 Å². The number of nitrogens with two attached hydrogens (primary N) is 1. The summed E-state index contributed by atoms with van der Waals surface area (Å²) in [6.45, 7) is 1.97. The van der Waals surface area contributed by atoms with Crippen molar-refractivity contribution in [1.29, 1.82) is 0 Å². The number of anilines is 1. The second-order valence-electron chi connectivity index (χ2n) is 4.07. The van der Waals surface area contributed by atoms with E-state index in [4.69, 9.17) is 10.8 Å².